The predicted octanol–water partition coefficient (Wildman–Crippen LogP) is 2.16. The number of nitrogens with one attached hydrogen (secondary N) is 1. The summed E-state index contributed by atoms with van der Waals surface area (Å²) in [6, 6.07) is 9.63. The molecule has 0 saturated carbocycles. The number of nitrogens with two attached hydrogens (primary N) is 1. The number of rotatable bonds is 7. The van der Waals surface area contributed by atoms with Crippen LogP contribution in [0.15, 0.2) is 41.5 Å². The highest BCUT2D eigenvalue weighted by Crippen LogP contribution is 2.36. The zero-order valence-corrected chi connectivity index (χ0v) is 14.5. The molecule has 0 radical (unpaired) electrons. The predicted molar refractivity (Wildman–Crippen MR) is 97.0 cm³/mol. The average molecular weight is 378 g/mol. The number of carboxylic acids is 1. The zero-order chi connectivity index (χ0) is 19.1. The summed E-state index contributed by atoms with van der Waals surface area (Å²) in [7, 11) is 1.39. The zero-order valence-electron chi connectivity index (χ0n) is 13.7. The number of benzene rings is 2. The van der Waals surface area contributed by atoms with Gasteiger partial charge in [0.2, 0.25) is 0 Å². The minimum atomic E-state index is -1.14. The molecule has 2 rings (SSSR count). The van der Waals surface area contributed by atoms with E-state index in [1.54, 1.807) is 24.3 Å². The van der Waals surface area contributed by atoms with E-state index in [9.17, 15) is 9.59 Å². The smallest absolute Gasteiger partial charge is 0.341 e. The molecule has 8 nitrogen and oxygen atoms in total. The van der Waals surface area contributed by atoms with Crippen molar-refractivity contribution in [2.75, 3.05) is 19.5 Å². The van der Waals surface area contributed by atoms with Crippen LogP contribution in [0, 0.1) is 0 Å². The molecule has 0 saturated heterocycles. The van der Waals surface area contributed by atoms with Crippen LogP contribution in [0.25, 0.3) is 0 Å². The Morgan fingerprint density at radius 1 is 1.35 bits per heavy atom. The number of halogens is 1. The summed E-state index contributed by atoms with van der Waals surface area (Å²) < 4.78 is 10.2. The van der Waals surface area contributed by atoms with Gasteiger partial charge in [-0.2, -0.15) is 5.10 Å². The SMILES string of the molecule is COc1cc(/C=N/NC(=O)c2ccccc2N)cc(Cl)c1OCC(=O)O. The Bertz CT molecular complexity index is 854. The average Bonchev–Trinajstić information content (AvgIpc) is 2.60. The first-order valence-corrected chi connectivity index (χ1v) is 7.70. The Balaban J connectivity index is 2.13. The van der Waals surface area contributed by atoms with Gasteiger partial charge < -0.3 is 20.3 Å². The van der Waals surface area contributed by atoms with Gasteiger partial charge in [0.1, 0.15) is 0 Å². The number of nitrogens with zero attached hydrogens (tertiary/aromatic N) is 1. The quantitative estimate of drug-likeness (QED) is 0.386. The molecule has 4 N–H and O–H groups in total. The van der Waals surface area contributed by atoms with Gasteiger partial charge in [0.15, 0.2) is 18.1 Å². The third kappa shape index (κ3) is 4.87. The van der Waals surface area contributed by atoms with Gasteiger partial charge >= 0.3 is 5.97 Å². The lowest BCUT2D eigenvalue weighted by Gasteiger charge is -2.11. The second-order valence-electron chi connectivity index (χ2n) is 5.00. The third-order valence-electron chi connectivity index (χ3n) is 3.18. The highest BCUT2D eigenvalue weighted by atomic mass is 35.5. The van der Waals surface area contributed by atoms with Gasteiger partial charge in [0.05, 0.1) is 23.9 Å². The molecule has 0 aliphatic rings. The van der Waals surface area contributed by atoms with Crippen LogP contribution in [0.3, 0.4) is 0 Å². The van der Waals surface area contributed by atoms with E-state index in [1.165, 1.54) is 25.5 Å². The molecular weight excluding hydrogens is 362 g/mol. The lowest BCUT2D eigenvalue weighted by atomic mass is 10.2. The van der Waals surface area contributed by atoms with Crippen LogP contribution in [0.2, 0.25) is 5.02 Å². The van der Waals surface area contributed by atoms with Crippen molar-refractivity contribution in [1.82, 2.24) is 5.43 Å². The van der Waals surface area contributed by atoms with E-state index in [-0.39, 0.29) is 16.5 Å². The largest absolute Gasteiger partial charge is 0.493 e. The molecule has 9 heteroatoms. The first-order chi connectivity index (χ1) is 12.4. The van der Waals surface area contributed by atoms with Crippen LogP contribution in [0.5, 0.6) is 11.5 Å². The Kier molecular flexibility index (Phi) is 6.40. The minimum absolute atomic E-state index is 0.106. The molecule has 0 atom stereocenters. The van der Waals surface area contributed by atoms with Gasteiger partial charge in [-0.1, -0.05) is 23.7 Å². The maximum atomic E-state index is 12.0. The summed E-state index contributed by atoms with van der Waals surface area (Å²) in [6.07, 6.45) is 1.35. The second kappa shape index (κ2) is 8.72. The van der Waals surface area contributed by atoms with Gasteiger partial charge in [-0.3, -0.25) is 4.79 Å². The molecule has 1 amide bonds. The molecule has 0 aliphatic carbocycles. The molecule has 0 bridgehead atoms. The molecule has 0 fully saturated rings. The molecule has 26 heavy (non-hydrogen) atoms. The van der Waals surface area contributed by atoms with E-state index in [0.717, 1.165) is 0 Å². The number of methoxy groups -OCH3 is 1. The molecule has 2 aromatic carbocycles. The number of hydrogen-bond donors (Lipinski definition) is 3. The number of anilines is 1. The van der Waals surface area contributed by atoms with Crippen molar-refractivity contribution in [1.29, 1.82) is 0 Å². The highest BCUT2D eigenvalue weighted by molar-refractivity contribution is 6.32. The number of carbonyl (C=O) groups is 2. The molecule has 136 valence electrons. The number of amides is 1. The number of hydrogen-bond acceptors (Lipinski definition) is 6. The fourth-order valence-corrected chi connectivity index (χ4v) is 2.29. The van der Waals surface area contributed by atoms with E-state index in [4.69, 9.17) is 31.9 Å². The summed E-state index contributed by atoms with van der Waals surface area (Å²) in [5.74, 6) is -1.26. The van der Waals surface area contributed by atoms with E-state index < -0.39 is 18.5 Å². The number of para-hydroxylation sites is 1. The van der Waals surface area contributed by atoms with Gasteiger partial charge in [-0.25, -0.2) is 10.2 Å². The standard InChI is InChI=1S/C17H16ClN3O5/c1-25-14-7-10(6-12(18)16(14)26-9-15(22)23)8-20-21-17(24)11-4-2-3-5-13(11)19/h2-8H,9,19H2,1H3,(H,21,24)(H,22,23)/b20-8+. The van der Waals surface area contributed by atoms with Crippen LogP contribution in [0.4, 0.5) is 5.69 Å². The van der Waals surface area contributed by atoms with Crippen LogP contribution in [0.1, 0.15) is 15.9 Å². The van der Waals surface area contributed by atoms with Crippen molar-refractivity contribution in [2.24, 2.45) is 5.10 Å². The number of carboxylic acid groups (broad SMARTS) is 1. The fraction of sp³-hybridized carbons (Fsp3) is 0.118. The Morgan fingerprint density at radius 2 is 2.08 bits per heavy atom. The van der Waals surface area contributed by atoms with Crippen molar-refractivity contribution in [3.05, 3.63) is 52.5 Å². The normalized spacial score (nSPS) is 10.5. The molecule has 0 aromatic heterocycles. The minimum Gasteiger partial charge on any atom is -0.493 e. The van der Waals surface area contributed by atoms with Crippen LogP contribution in [-0.4, -0.2) is 36.9 Å². The first kappa shape index (κ1) is 19.1. The summed E-state index contributed by atoms with van der Waals surface area (Å²) in [6.45, 7) is -0.557. The van der Waals surface area contributed by atoms with Crippen molar-refractivity contribution < 1.29 is 24.2 Å². The van der Waals surface area contributed by atoms with E-state index in [0.29, 0.717) is 16.8 Å². The monoisotopic (exact) mass is 377 g/mol. The first-order valence-electron chi connectivity index (χ1n) is 7.32. The van der Waals surface area contributed by atoms with E-state index >= 15 is 0 Å². The van der Waals surface area contributed by atoms with Crippen LogP contribution >= 0.6 is 11.6 Å². The maximum Gasteiger partial charge on any atom is 0.341 e. The molecule has 0 aliphatic heterocycles. The van der Waals surface area contributed by atoms with Gasteiger partial charge in [-0.15, -0.1) is 0 Å². The van der Waals surface area contributed by atoms with Crippen LogP contribution < -0.4 is 20.6 Å². The number of aliphatic carboxylic acids is 1. The number of ether oxygens (including phenoxy) is 2. The molecule has 0 heterocycles. The lowest BCUT2D eigenvalue weighted by Crippen LogP contribution is -2.19. The topological polar surface area (TPSA) is 123 Å². The molecule has 0 spiro atoms. The summed E-state index contributed by atoms with van der Waals surface area (Å²) in [5.41, 5.74) is 9.23. The third-order valence-corrected chi connectivity index (χ3v) is 3.46. The van der Waals surface area contributed by atoms with Crippen molar-refractivity contribution in [3.63, 3.8) is 0 Å². The lowest BCUT2D eigenvalue weighted by molar-refractivity contribution is -0.139. The second-order valence-corrected chi connectivity index (χ2v) is 5.41. The summed E-state index contributed by atoms with van der Waals surface area (Å²) >= 11 is 6.09. The number of hydrazone groups is 1. The molecular formula is C17H16ClN3O5. The van der Waals surface area contributed by atoms with Crippen molar-refractivity contribution in [3.8, 4) is 11.5 Å². The van der Waals surface area contributed by atoms with E-state index in [2.05, 4.69) is 10.5 Å². The highest BCUT2D eigenvalue weighted by Gasteiger charge is 2.13. The number of carbonyl (C=O) groups excluding carboxylic acids is 1. The van der Waals surface area contributed by atoms with Gasteiger partial charge in [-0.05, 0) is 29.8 Å². The van der Waals surface area contributed by atoms with Crippen LogP contribution in [-0.2, 0) is 4.79 Å². The Labute approximate surface area is 154 Å². The Hall–Kier alpha value is -3.26. The molecule has 0 unspecified atom stereocenters. The fourth-order valence-electron chi connectivity index (χ4n) is 2.02. The van der Waals surface area contributed by atoms with Crippen molar-refractivity contribution in [2.45, 2.75) is 0 Å². The van der Waals surface area contributed by atoms with E-state index in [1.807, 2.05) is 0 Å². The van der Waals surface area contributed by atoms with Crippen molar-refractivity contribution >= 4 is 35.4 Å². The maximum absolute atomic E-state index is 12.0. The van der Waals surface area contributed by atoms with Gasteiger partial charge in [0.25, 0.3) is 5.91 Å². The van der Waals surface area contributed by atoms with Gasteiger partial charge in [0, 0.05) is 5.69 Å². The Morgan fingerprint density at radius 3 is 2.73 bits per heavy atom. The number of nitrogen functional groups attached to an aromatic ring is 1. The summed E-state index contributed by atoms with van der Waals surface area (Å²) in [5, 5.41) is 12.7. The molecule has 2 aromatic rings. The summed E-state index contributed by atoms with van der Waals surface area (Å²) in [4.78, 5) is 22.6.